The van der Waals surface area contributed by atoms with Crippen LogP contribution in [0.15, 0.2) is 40.9 Å². The summed E-state index contributed by atoms with van der Waals surface area (Å²) in [6, 6.07) is 9.85. The molecule has 0 atom stereocenters. The average Bonchev–Trinajstić information content (AvgIpc) is 2.35. The molecule has 98 valence electrons. The first-order valence-corrected chi connectivity index (χ1v) is 6.83. The van der Waals surface area contributed by atoms with E-state index in [1.54, 1.807) is 36.4 Å². The van der Waals surface area contributed by atoms with Crippen LogP contribution < -0.4 is 11.1 Å². The fourth-order valence-corrected chi connectivity index (χ4v) is 2.29. The van der Waals surface area contributed by atoms with E-state index in [1.165, 1.54) is 0 Å². The molecule has 0 unspecified atom stereocenters. The maximum Gasteiger partial charge on any atom is 0.256 e. The van der Waals surface area contributed by atoms with Gasteiger partial charge < -0.3 is 11.1 Å². The van der Waals surface area contributed by atoms with Crippen LogP contribution in [0.25, 0.3) is 0 Å². The fourth-order valence-electron chi connectivity index (χ4n) is 1.51. The summed E-state index contributed by atoms with van der Waals surface area (Å²) in [6.07, 6.45) is 0. The number of carbonyl (C=O) groups excluding carboxylic acids is 1. The molecule has 0 aliphatic rings. The molecule has 19 heavy (non-hydrogen) atoms. The van der Waals surface area contributed by atoms with Gasteiger partial charge in [0.1, 0.15) is 0 Å². The Kier molecular flexibility index (Phi) is 4.34. The Hall–Kier alpha value is -1.23. The van der Waals surface area contributed by atoms with Gasteiger partial charge in [-0.15, -0.1) is 0 Å². The number of nitrogen functional groups attached to an aromatic ring is 1. The molecule has 0 aliphatic carbocycles. The van der Waals surface area contributed by atoms with Crippen LogP contribution >= 0.6 is 39.1 Å². The fraction of sp³-hybridized carbons (Fsp3) is 0. The molecule has 0 spiro atoms. The first-order chi connectivity index (χ1) is 8.97. The number of nitrogens with one attached hydrogen (secondary N) is 1. The summed E-state index contributed by atoms with van der Waals surface area (Å²) < 4.78 is 0.655. The van der Waals surface area contributed by atoms with E-state index in [2.05, 4.69) is 21.2 Å². The Balaban J connectivity index is 2.28. The molecule has 0 fully saturated rings. The van der Waals surface area contributed by atoms with Crippen molar-refractivity contribution in [3.05, 3.63) is 56.5 Å². The van der Waals surface area contributed by atoms with Gasteiger partial charge in [0.05, 0.1) is 16.9 Å². The van der Waals surface area contributed by atoms with Crippen LogP contribution in [0, 0.1) is 0 Å². The van der Waals surface area contributed by atoms with Crippen LogP contribution in [-0.2, 0) is 0 Å². The number of anilines is 2. The number of halogens is 3. The molecule has 0 radical (unpaired) electrons. The molecular formula is C13H9BrCl2N2O. The van der Waals surface area contributed by atoms with Crippen molar-refractivity contribution in [1.29, 1.82) is 0 Å². The SMILES string of the molecule is Nc1cc(Cl)ccc1NC(=O)c1cc(Cl)ccc1Br. The van der Waals surface area contributed by atoms with Gasteiger partial charge >= 0.3 is 0 Å². The van der Waals surface area contributed by atoms with Gasteiger partial charge in [0.25, 0.3) is 5.91 Å². The standard InChI is InChI=1S/C13H9BrCl2N2O/c14-10-3-1-7(15)5-9(10)13(19)18-12-4-2-8(16)6-11(12)17/h1-6H,17H2,(H,18,19). The highest BCUT2D eigenvalue weighted by Crippen LogP contribution is 2.26. The van der Waals surface area contributed by atoms with Crippen LogP contribution in [0.2, 0.25) is 10.0 Å². The maximum absolute atomic E-state index is 12.1. The number of hydrogen-bond acceptors (Lipinski definition) is 2. The smallest absolute Gasteiger partial charge is 0.256 e. The van der Waals surface area contributed by atoms with Crippen LogP contribution in [0.4, 0.5) is 11.4 Å². The molecule has 3 nitrogen and oxygen atoms in total. The number of nitrogens with two attached hydrogens (primary N) is 1. The van der Waals surface area contributed by atoms with Gasteiger partial charge in [-0.3, -0.25) is 4.79 Å². The van der Waals surface area contributed by atoms with Gasteiger partial charge in [-0.2, -0.15) is 0 Å². The van der Waals surface area contributed by atoms with Gasteiger partial charge in [0, 0.05) is 14.5 Å². The lowest BCUT2D eigenvalue weighted by Crippen LogP contribution is -2.13. The minimum Gasteiger partial charge on any atom is -0.397 e. The highest BCUT2D eigenvalue weighted by Gasteiger charge is 2.12. The third kappa shape index (κ3) is 3.41. The predicted octanol–water partition coefficient (Wildman–Crippen LogP) is 4.59. The van der Waals surface area contributed by atoms with Gasteiger partial charge in [0.15, 0.2) is 0 Å². The summed E-state index contributed by atoms with van der Waals surface area (Å²) in [7, 11) is 0. The summed E-state index contributed by atoms with van der Waals surface area (Å²) >= 11 is 15.0. The molecule has 2 aromatic rings. The molecule has 2 rings (SSSR count). The minimum absolute atomic E-state index is 0.302. The quantitative estimate of drug-likeness (QED) is 0.770. The monoisotopic (exact) mass is 358 g/mol. The normalized spacial score (nSPS) is 10.3. The first-order valence-electron chi connectivity index (χ1n) is 5.29. The summed E-state index contributed by atoms with van der Waals surface area (Å²) in [4.78, 5) is 12.1. The van der Waals surface area contributed by atoms with E-state index in [4.69, 9.17) is 28.9 Å². The number of rotatable bonds is 2. The lowest BCUT2D eigenvalue weighted by atomic mass is 10.2. The Labute approximate surface area is 128 Å². The Morgan fingerprint density at radius 2 is 1.74 bits per heavy atom. The topological polar surface area (TPSA) is 55.1 Å². The number of carbonyl (C=O) groups is 1. The second-order valence-electron chi connectivity index (χ2n) is 3.81. The van der Waals surface area contributed by atoms with E-state index in [9.17, 15) is 4.79 Å². The van der Waals surface area contributed by atoms with E-state index < -0.39 is 0 Å². The van der Waals surface area contributed by atoms with Crippen molar-refractivity contribution < 1.29 is 4.79 Å². The average molecular weight is 360 g/mol. The van der Waals surface area contributed by atoms with E-state index in [1.807, 2.05) is 0 Å². The van der Waals surface area contributed by atoms with Gasteiger partial charge in [-0.25, -0.2) is 0 Å². The highest BCUT2D eigenvalue weighted by atomic mass is 79.9. The third-order valence-corrected chi connectivity index (χ3v) is 3.60. The van der Waals surface area contributed by atoms with E-state index >= 15 is 0 Å². The van der Waals surface area contributed by atoms with Crippen molar-refractivity contribution in [2.45, 2.75) is 0 Å². The number of hydrogen-bond donors (Lipinski definition) is 2. The molecule has 3 N–H and O–H groups in total. The Morgan fingerprint density at radius 1 is 1.11 bits per heavy atom. The Morgan fingerprint density at radius 3 is 2.42 bits per heavy atom. The van der Waals surface area contributed by atoms with Crippen molar-refractivity contribution in [3.63, 3.8) is 0 Å². The van der Waals surface area contributed by atoms with Crippen molar-refractivity contribution in [2.75, 3.05) is 11.1 Å². The largest absolute Gasteiger partial charge is 0.397 e. The van der Waals surface area contributed by atoms with Gasteiger partial charge in [-0.05, 0) is 52.3 Å². The molecule has 0 aliphatic heterocycles. The van der Waals surface area contributed by atoms with Crippen molar-refractivity contribution in [1.82, 2.24) is 0 Å². The van der Waals surface area contributed by atoms with E-state index in [0.717, 1.165) is 0 Å². The van der Waals surface area contributed by atoms with Crippen molar-refractivity contribution in [2.24, 2.45) is 0 Å². The molecule has 2 aromatic carbocycles. The molecule has 0 heterocycles. The Bertz CT molecular complexity index is 647. The molecule has 0 saturated heterocycles. The molecule has 1 amide bonds. The highest BCUT2D eigenvalue weighted by molar-refractivity contribution is 9.10. The summed E-state index contributed by atoms with van der Waals surface area (Å²) in [5.74, 6) is -0.302. The van der Waals surface area contributed by atoms with Crippen molar-refractivity contribution in [3.8, 4) is 0 Å². The van der Waals surface area contributed by atoms with Crippen LogP contribution in [0.3, 0.4) is 0 Å². The molecular weight excluding hydrogens is 351 g/mol. The second-order valence-corrected chi connectivity index (χ2v) is 5.54. The second kappa shape index (κ2) is 5.82. The van der Waals surface area contributed by atoms with Crippen LogP contribution in [-0.4, -0.2) is 5.91 Å². The minimum atomic E-state index is -0.302. The van der Waals surface area contributed by atoms with Crippen LogP contribution in [0.1, 0.15) is 10.4 Å². The summed E-state index contributed by atoms with van der Waals surface area (Å²) in [6.45, 7) is 0. The molecule has 0 aromatic heterocycles. The van der Waals surface area contributed by atoms with Gasteiger partial charge in [0.2, 0.25) is 0 Å². The van der Waals surface area contributed by atoms with E-state index in [-0.39, 0.29) is 5.91 Å². The lowest BCUT2D eigenvalue weighted by Gasteiger charge is -2.09. The zero-order chi connectivity index (χ0) is 14.0. The third-order valence-electron chi connectivity index (χ3n) is 2.43. The molecule has 0 bridgehead atoms. The zero-order valence-electron chi connectivity index (χ0n) is 9.58. The zero-order valence-corrected chi connectivity index (χ0v) is 12.7. The number of benzene rings is 2. The summed E-state index contributed by atoms with van der Waals surface area (Å²) in [5.41, 5.74) is 7.11. The predicted molar refractivity (Wildman–Crippen MR) is 83.0 cm³/mol. The van der Waals surface area contributed by atoms with Crippen molar-refractivity contribution >= 4 is 56.4 Å². The van der Waals surface area contributed by atoms with E-state index in [0.29, 0.717) is 31.5 Å². The summed E-state index contributed by atoms with van der Waals surface area (Å²) in [5, 5.41) is 3.71. The van der Waals surface area contributed by atoms with Crippen LogP contribution in [0.5, 0.6) is 0 Å². The molecule has 6 heteroatoms. The maximum atomic E-state index is 12.1. The lowest BCUT2D eigenvalue weighted by molar-refractivity contribution is 0.102. The van der Waals surface area contributed by atoms with Gasteiger partial charge in [-0.1, -0.05) is 23.2 Å². The first kappa shape index (κ1) is 14.2. The number of amides is 1. The molecule has 0 saturated carbocycles.